The Balaban J connectivity index is 0.00000119. The molecule has 59 heavy (non-hydrogen) atoms. The van der Waals surface area contributed by atoms with Gasteiger partial charge < -0.3 is 40.5 Å². The number of likely N-dealkylation sites (N-methyl/N-ethyl adjacent to an activating group) is 1. The maximum Gasteiger partial charge on any atom is 0.289 e. The highest BCUT2D eigenvalue weighted by Gasteiger charge is 2.34. The van der Waals surface area contributed by atoms with E-state index in [4.69, 9.17) is 9.47 Å². The summed E-state index contributed by atoms with van der Waals surface area (Å²) in [5.74, 6) is -3.97. The predicted molar refractivity (Wildman–Crippen MR) is 225 cm³/mol. The van der Waals surface area contributed by atoms with Crippen LogP contribution in [0.1, 0.15) is 101 Å². The Morgan fingerprint density at radius 3 is 2.05 bits per heavy atom. The monoisotopic (exact) mass is 822 g/mol. The Hall–Kier alpha value is -5.31. The zero-order valence-electron chi connectivity index (χ0n) is 35.9. The van der Waals surface area contributed by atoms with Gasteiger partial charge in [-0.05, 0) is 42.5 Å². The summed E-state index contributed by atoms with van der Waals surface area (Å²) in [6.07, 6.45) is 11.9. The predicted octanol–water partition coefficient (Wildman–Crippen LogP) is 3.56. The highest BCUT2D eigenvalue weighted by atomic mass is 16.5. The molecule has 15 heteroatoms. The number of likely N-dealkylation sites (tertiary alicyclic amines) is 1. The van der Waals surface area contributed by atoms with Crippen LogP contribution in [0.15, 0.2) is 48.5 Å². The molecule has 2 fully saturated rings. The van der Waals surface area contributed by atoms with Crippen LogP contribution < -0.4 is 26.0 Å². The second-order valence-corrected chi connectivity index (χ2v) is 14.8. The highest BCUT2D eigenvalue weighted by molar-refractivity contribution is 6.37. The fraction of sp³-hybridized carbons (Fsp3) is 0.568. The number of aryl methyl sites for hydroxylation is 1. The standard InChI is InChI=1S/C35H46N6O9.C6H12.C3H8/c1-23-13-14-24(18-28(23)50-17-9-16-49-4)19-29(43)36-22-31(45)41-15-8-12-26(41)33(46)37-20-27(42)34(47)38-21-30(44)39-32(35(48)40(2)3)25-10-6-5-7-11-25;1-2-4-6-5-3-1;1-3-2/h5-7,10-11,13-14,18,26,32H,8-9,12,15-17,19-22H2,1-4H3,(H,36,43)(H,37,46)(H,38,47)(H,39,44);1-6H2;3H2,1-2H3. The number of ether oxygens (including phenoxy) is 2. The van der Waals surface area contributed by atoms with Gasteiger partial charge in [-0.3, -0.25) is 33.6 Å². The lowest BCUT2D eigenvalue weighted by atomic mass is 10.0. The number of nitrogens with one attached hydrogen (secondary N) is 4. The summed E-state index contributed by atoms with van der Waals surface area (Å²) in [7, 11) is 4.71. The maximum atomic E-state index is 12.9. The number of hydrogen-bond donors (Lipinski definition) is 4. The average molecular weight is 823 g/mol. The minimum atomic E-state index is -1.10. The van der Waals surface area contributed by atoms with Crippen LogP contribution in [-0.2, 0) is 44.7 Å². The van der Waals surface area contributed by atoms with E-state index in [1.807, 2.05) is 19.1 Å². The van der Waals surface area contributed by atoms with Gasteiger partial charge in [-0.1, -0.05) is 101 Å². The summed E-state index contributed by atoms with van der Waals surface area (Å²) < 4.78 is 10.8. The summed E-state index contributed by atoms with van der Waals surface area (Å²) in [6, 6.07) is 12.1. The third-order valence-electron chi connectivity index (χ3n) is 9.39. The molecule has 4 N–H and O–H groups in total. The molecule has 15 nitrogen and oxygen atoms in total. The van der Waals surface area contributed by atoms with Crippen molar-refractivity contribution in [3.63, 3.8) is 0 Å². The smallest absolute Gasteiger partial charge is 0.289 e. The first kappa shape index (κ1) is 49.8. The van der Waals surface area contributed by atoms with E-state index >= 15 is 0 Å². The van der Waals surface area contributed by atoms with Crippen LogP contribution in [-0.4, -0.2) is 118 Å². The third-order valence-corrected chi connectivity index (χ3v) is 9.39. The van der Waals surface area contributed by atoms with Gasteiger partial charge >= 0.3 is 0 Å². The molecule has 0 bridgehead atoms. The van der Waals surface area contributed by atoms with Crippen molar-refractivity contribution in [2.45, 2.75) is 103 Å². The average Bonchev–Trinajstić information content (AvgIpc) is 3.74. The lowest BCUT2D eigenvalue weighted by Gasteiger charge is -2.24. The lowest BCUT2D eigenvalue weighted by Crippen LogP contribution is -2.51. The van der Waals surface area contributed by atoms with E-state index in [2.05, 4.69) is 35.1 Å². The molecule has 2 aromatic rings. The molecule has 4 rings (SSSR count). The van der Waals surface area contributed by atoms with Crippen molar-refractivity contribution < 1.29 is 43.0 Å². The molecule has 0 spiro atoms. The van der Waals surface area contributed by atoms with Gasteiger partial charge in [0.1, 0.15) is 17.8 Å². The van der Waals surface area contributed by atoms with Gasteiger partial charge in [-0.15, -0.1) is 0 Å². The van der Waals surface area contributed by atoms with Crippen LogP contribution in [0.3, 0.4) is 0 Å². The summed E-state index contributed by atoms with van der Waals surface area (Å²) in [4.78, 5) is 91.0. The van der Waals surface area contributed by atoms with Crippen molar-refractivity contribution >= 4 is 41.2 Å². The molecule has 326 valence electrons. The Bertz CT molecular complexity index is 1640. The minimum Gasteiger partial charge on any atom is -0.493 e. The van der Waals surface area contributed by atoms with E-state index in [-0.39, 0.29) is 24.8 Å². The summed E-state index contributed by atoms with van der Waals surface area (Å²) in [6.45, 7) is 5.95. The Labute approximate surface area is 349 Å². The van der Waals surface area contributed by atoms with Crippen molar-refractivity contribution in [3.05, 3.63) is 65.2 Å². The van der Waals surface area contributed by atoms with Crippen LogP contribution in [0.25, 0.3) is 0 Å². The van der Waals surface area contributed by atoms with Gasteiger partial charge in [0.25, 0.3) is 5.91 Å². The van der Waals surface area contributed by atoms with E-state index in [1.165, 1.54) is 54.7 Å². The molecule has 2 atom stereocenters. The Morgan fingerprint density at radius 2 is 1.44 bits per heavy atom. The van der Waals surface area contributed by atoms with Gasteiger partial charge in [0.2, 0.25) is 35.3 Å². The Kier molecular flexibility index (Phi) is 23.8. The molecule has 6 amide bonds. The van der Waals surface area contributed by atoms with E-state index in [9.17, 15) is 33.6 Å². The third kappa shape index (κ3) is 18.9. The van der Waals surface area contributed by atoms with Crippen molar-refractivity contribution in [1.29, 1.82) is 0 Å². The number of carbonyl (C=O) groups excluding carboxylic acids is 7. The number of methoxy groups -OCH3 is 1. The van der Waals surface area contributed by atoms with E-state index in [0.29, 0.717) is 49.5 Å². The summed E-state index contributed by atoms with van der Waals surface area (Å²) in [5, 5.41) is 9.74. The summed E-state index contributed by atoms with van der Waals surface area (Å²) in [5.41, 5.74) is 2.19. The number of hydrogen-bond acceptors (Lipinski definition) is 9. The van der Waals surface area contributed by atoms with Gasteiger partial charge in [0.05, 0.1) is 32.7 Å². The molecular formula is C44H66N6O9. The number of ketones is 1. The van der Waals surface area contributed by atoms with Crippen LogP contribution in [0, 0.1) is 6.92 Å². The van der Waals surface area contributed by atoms with Crippen molar-refractivity contribution in [3.8, 4) is 5.75 Å². The zero-order chi connectivity index (χ0) is 43.6. The molecule has 2 aliphatic rings. The number of nitrogens with zero attached hydrogens (tertiary/aromatic N) is 2. The van der Waals surface area contributed by atoms with Crippen molar-refractivity contribution in [2.75, 3.05) is 60.6 Å². The van der Waals surface area contributed by atoms with Crippen molar-refractivity contribution in [2.24, 2.45) is 0 Å². The van der Waals surface area contributed by atoms with Crippen molar-refractivity contribution in [1.82, 2.24) is 31.1 Å². The molecule has 0 aromatic heterocycles. The molecule has 1 saturated heterocycles. The molecule has 1 heterocycles. The van der Waals surface area contributed by atoms with Crippen LogP contribution in [0.4, 0.5) is 0 Å². The number of amides is 6. The second kappa shape index (κ2) is 28.2. The summed E-state index contributed by atoms with van der Waals surface area (Å²) >= 11 is 0. The number of carbonyl (C=O) groups is 7. The molecular weight excluding hydrogens is 757 g/mol. The van der Waals surface area contributed by atoms with Crippen LogP contribution in [0.5, 0.6) is 5.75 Å². The quantitative estimate of drug-likeness (QED) is 0.129. The highest BCUT2D eigenvalue weighted by Crippen LogP contribution is 2.21. The first-order chi connectivity index (χ1) is 28.3. The van der Waals surface area contributed by atoms with Gasteiger partial charge in [-0.25, -0.2) is 0 Å². The normalized spacial score (nSPS) is 14.8. The minimum absolute atomic E-state index is 0.0273. The molecule has 1 saturated carbocycles. The van der Waals surface area contributed by atoms with Crippen LogP contribution in [0.2, 0.25) is 0 Å². The topological polar surface area (TPSA) is 193 Å². The van der Waals surface area contributed by atoms with Gasteiger partial charge in [-0.2, -0.15) is 0 Å². The van der Waals surface area contributed by atoms with Gasteiger partial charge in [0.15, 0.2) is 0 Å². The molecule has 1 aliphatic carbocycles. The first-order valence-corrected chi connectivity index (χ1v) is 20.7. The molecule has 1 aliphatic heterocycles. The van der Waals surface area contributed by atoms with E-state index in [1.54, 1.807) is 57.6 Å². The molecule has 2 aromatic carbocycles. The second-order valence-electron chi connectivity index (χ2n) is 14.8. The molecule has 2 unspecified atom stereocenters. The fourth-order valence-corrected chi connectivity index (χ4v) is 6.25. The number of Topliss-reactive ketones (excluding diaryl/α,β-unsaturated/α-hetero) is 1. The number of benzene rings is 2. The maximum absolute atomic E-state index is 12.9. The molecule has 0 radical (unpaired) electrons. The van der Waals surface area contributed by atoms with E-state index < -0.39 is 54.6 Å². The SMILES string of the molecule is C1CCCCC1.CCC.COCCCOc1cc(CC(=O)NCC(=O)N2CCCC2C(=O)NCC(=O)C(=O)NCC(=O)NC(C(=O)N(C)C)c2ccccc2)ccc1C. The zero-order valence-corrected chi connectivity index (χ0v) is 35.9. The fourth-order valence-electron chi connectivity index (χ4n) is 6.25. The first-order valence-electron chi connectivity index (χ1n) is 20.7. The lowest BCUT2D eigenvalue weighted by molar-refractivity contribution is -0.140. The van der Waals surface area contributed by atoms with Gasteiger partial charge in [0, 0.05) is 40.8 Å². The van der Waals surface area contributed by atoms with E-state index in [0.717, 1.165) is 12.0 Å². The number of rotatable bonds is 18. The Morgan fingerprint density at radius 1 is 0.797 bits per heavy atom. The largest absolute Gasteiger partial charge is 0.493 e. The van der Waals surface area contributed by atoms with Crippen LogP contribution >= 0.6 is 0 Å².